The van der Waals surface area contributed by atoms with Crippen LogP contribution < -0.4 is 5.32 Å². The maximum absolute atomic E-state index is 11.8. The second-order valence-corrected chi connectivity index (χ2v) is 4.10. The number of hydrogen-bond donors (Lipinski definition) is 1. The molecule has 0 radical (unpaired) electrons. The van der Waals surface area contributed by atoms with Crippen molar-refractivity contribution in [3.63, 3.8) is 0 Å². The average Bonchev–Trinajstić information content (AvgIpc) is 2.45. The molecule has 3 heteroatoms. The molecule has 2 amide bonds. The van der Waals surface area contributed by atoms with E-state index in [-0.39, 0.29) is 6.03 Å². The van der Waals surface area contributed by atoms with Gasteiger partial charge in [-0.25, -0.2) is 4.79 Å². The van der Waals surface area contributed by atoms with Crippen molar-refractivity contribution in [2.75, 3.05) is 6.54 Å². The minimum atomic E-state index is 0.128. The van der Waals surface area contributed by atoms with Gasteiger partial charge in [0.1, 0.15) is 0 Å². The summed E-state index contributed by atoms with van der Waals surface area (Å²) in [6, 6.07) is 0.955. The average molecular weight is 194 g/mol. The highest BCUT2D eigenvalue weighted by Crippen LogP contribution is 2.31. The van der Waals surface area contributed by atoms with Gasteiger partial charge >= 0.3 is 6.03 Å². The van der Waals surface area contributed by atoms with E-state index >= 15 is 0 Å². The summed E-state index contributed by atoms with van der Waals surface area (Å²) in [7, 11) is 0. The van der Waals surface area contributed by atoms with E-state index in [9.17, 15) is 4.79 Å². The molecule has 2 unspecified atom stereocenters. The number of hydrogen-bond acceptors (Lipinski definition) is 1. The van der Waals surface area contributed by atoms with Gasteiger partial charge in [-0.05, 0) is 25.7 Å². The molecule has 1 fully saturated rings. The molecule has 2 aliphatic rings. The van der Waals surface area contributed by atoms with Gasteiger partial charge in [-0.15, -0.1) is 0 Å². The zero-order valence-electron chi connectivity index (χ0n) is 8.70. The molecule has 2 atom stereocenters. The van der Waals surface area contributed by atoms with Crippen molar-refractivity contribution in [2.45, 2.75) is 44.7 Å². The molecular weight excluding hydrogens is 176 g/mol. The van der Waals surface area contributed by atoms with Crippen LogP contribution in [-0.4, -0.2) is 29.6 Å². The van der Waals surface area contributed by atoms with Crippen molar-refractivity contribution in [3.05, 3.63) is 12.2 Å². The Hall–Kier alpha value is -0.990. The van der Waals surface area contributed by atoms with Gasteiger partial charge in [0.2, 0.25) is 0 Å². The lowest BCUT2D eigenvalue weighted by atomic mass is 10.1. The predicted octanol–water partition coefficient (Wildman–Crippen LogP) is 1.90. The molecule has 1 N–H and O–H groups in total. The lowest BCUT2D eigenvalue weighted by Gasteiger charge is -2.31. The monoisotopic (exact) mass is 194 g/mol. The third kappa shape index (κ3) is 1.63. The van der Waals surface area contributed by atoms with Crippen LogP contribution >= 0.6 is 0 Å². The topological polar surface area (TPSA) is 32.3 Å². The molecule has 2 rings (SSSR count). The number of amides is 2. The molecule has 0 saturated carbocycles. The molecule has 3 nitrogen and oxygen atoms in total. The van der Waals surface area contributed by atoms with E-state index < -0.39 is 0 Å². The number of rotatable bonds is 2. The van der Waals surface area contributed by atoms with Gasteiger partial charge < -0.3 is 10.2 Å². The van der Waals surface area contributed by atoms with Gasteiger partial charge in [0, 0.05) is 12.6 Å². The molecule has 2 aliphatic heterocycles. The Morgan fingerprint density at radius 2 is 2.43 bits per heavy atom. The highest BCUT2D eigenvalue weighted by atomic mass is 16.2. The third-order valence-electron chi connectivity index (χ3n) is 3.07. The first kappa shape index (κ1) is 9.56. The molecule has 78 valence electrons. The Balaban J connectivity index is 1.97. The van der Waals surface area contributed by atoms with Crippen molar-refractivity contribution in [2.24, 2.45) is 0 Å². The van der Waals surface area contributed by atoms with Gasteiger partial charge in [-0.3, -0.25) is 0 Å². The third-order valence-corrected chi connectivity index (χ3v) is 3.07. The van der Waals surface area contributed by atoms with E-state index in [0.717, 1.165) is 32.2 Å². The highest BCUT2D eigenvalue weighted by molar-refractivity contribution is 5.75. The second kappa shape index (κ2) is 4.03. The Morgan fingerprint density at radius 1 is 1.57 bits per heavy atom. The van der Waals surface area contributed by atoms with Crippen LogP contribution in [0.4, 0.5) is 4.79 Å². The first-order valence-corrected chi connectivity index (χ1v) is 5.55. The summed E-state index contributed by atoms with van der Waals surface area (Å²) < 4.78 is 0. The largest absolute Gasteiger partial charge is 0.338 e. The van der Waals surface area contributed by atoms with Crippen LogP contribution in [0.25, 0.3) is 0 Å². The van der Waals surface area contributed by atoms with Gasteiger partial charge in [0.25, 0.3) is 0 Å². The zero-order chi connectivity index (χ0) is 9.97. The van der Waals surface area contributed by atoms with E-state index in [0.29, 0.717) is 12.1 Å². The van der Waals surface area contributed by atoms with Crippen molar-refractivity contribution < 1.29 is 4.79 Å². The minimum absolute atomic E-state index is 0.128. The molecule has 2 heterocycles. The Labute approximate surface area is 85.2 Å². The highest BCUT2D eigenvalue weighted by Gasteiger charge is 2.36. The van der Waals surface area contributed by atoms with Crippen LogP contribution in [0.2, 0.25) is 0 Å². The van der Waals surface area contributed by atoms with Crippen molar-refractivity contribution in [1.29, 1.82) is 0 Å². The number of nitrogens with one attached hydrogen (secondary N) is 1. The van der Waals surface area contributed by atoms with Gasteiger partial charge in [-0.1, -0.05) is 19.1 Å². The standard InChI is InChI=1S/C11H18N2O/c1-2-8-12-11(14)13-9-4-3-5-10(13)7-6-9/h3-4,9-10H,2,5-8H2,1H3,(H,12,14). The summed E-state index contributed by atoms with van der Waals surface area (Å²) in [6.07, 6.45) is 8.74. The van der Waals surface area contributed by atoms with E-state index in [1.54, 1.807) is 0 Å². The van der Waals surface area contributed by atoms with Crippen LogP contribution in [0.15, 0.2) is 12.2 Å². The molecule has 1 saturated heterocycles. The van der Waals surface area contributed by atoms with E-state index in [1.807, 2.05) is 4.90 Å². The Morgan fingerprint density at radius 3 is 3.14 bits per heavy atom. The van der Waals surface area contributed by atoms with E-state index in [4.69, 9.17) is 0 Å². The van der Waals surface area contributed by atoms with E-state index in [2.05, 4.69) is 24.4 Å². The maximum atomic E-state index is 11.8. The molecule has 14 heavy (non-hydrogen) atoms. The lowest BCUT2D eigenvalue weighted by Crippen LogP contribution is -2.47. The molecule has 0 aromatic carbocycles. The van der Waals surface area contributed by atoms with Gasteiger partial charge in [-0.2, -0.15) is 0 Å². The summed E-state index contributed by atoms with van der Waals surface area (Å²) in [5.41, 5.74) is 0. The Bertz CT molecular complexity index is 250. The first-order valence-electron chi connectivity index (χ1n) is 5.55. The first-order chi connectivity index (χ1) is 6.83. The van der Waals surface area contributed by atoms with Crippen molar-refractivity contribution >= 4 is 6.03 Å². The summed E-state index contributed by atoms with van der Waals surface area (Å²) in [5.74, 6) is 0. The summed E-state index contributed by atoms with van der Waals surface area (Å²) >= 11 is 0. The van der Waals surface area contributed by atoms with Crippen molar-refractivity contribution in [1.82, 2.24) is 10.2 Å². The van der Waals surface area contributed by atoms with Crippen LogP contribution in [0.3, 0.4) is 0 Å². The van der Waals surface area contributed by atoms with Crippen LogP contribution in [-0.2, 0) is 0 Å². The fourth-order valence-electron chi connectivity index (χ4n) is 2.36. The lowest BCUT2D eigenvalue weighted by molar-refractivity contribution is 0.178. The zero-order valence-corrected chi connectivity index (χ0v) is 8.70. The molecule has 0 spiro atoms. The van der Waals surface area contributed by atoms with Gasteiger partial charge in [0.05, 0.1) is 6.04 Å². The fourth-order valence-corrected chi connectivity index (χ4v) is 2.36. The smallest absolute Gasteiger partial charge is 0.318 e. The van der Waals surface area contributed by atoms with Crippen molar-refractivity contribution in [3.8, 4) is 0 Å². The SMILES string of the molecule is CCCNC(=O)N1C2C=CCC1CC2. The summed E-state index contributed by atoms with van der Waals surface area (Å²) in [4.78, 5) is 13.8. The quantitative estimate of drug-likeness (QED) is 0.669. The van der Waals surface area contributed by atoms with Crippen LogP contribution in [0.1, 0.15) is 32.6 Å². The number of carbonyl (C=O) groups excluding carboxylic acids is 1. The number of carbonyl (C=O) groups is 1. The van der Waals surface area contributed by atoms with Gasteiger partial charge in [0.15, 0.2) is 0 Å². The molecule has 0 aromatic heterocycles. The fraction of sp³-hybridized carbons (Fsp3) is 0.727. The normalized spacial score (nSPS) is 29.4. The van der Waals surface area contributed by atoms with Crippen LogP contribution in [0.5, 0.6) is 0 Å². The number of fused-ring (bicyclic) bond motifs is 2. The number of urea groups is 1. The maximum Gasteiger partial charge on any atom is 0.318 e. The number of nitrogens with zero attached hydrogens (tertiary/aromatic N) is 1. The summed E-state index contributed by atoms with van der Waals surface area (Å²) in [5, 5.41) is 2.96. The molecular formula is C11H18N2O. The Kier molecular flexibility index (Phi) is 2.75. The summed E-state index contributed by atoms with van der Waals surface area (Å²) in [6.45, 7) is 2.86. The second-order valence-electron chi connectivity index (χ2n) is 4.10. The predicted molar refractivity (Wildman–Crippen MR) is 56.1 cm³/mol. The minimum Gasteiger partial charge on any atom is -0.338 e. The molecule has 0 aromatic rings. The molecule has 2 bridgehead atoms. The molecule has 0 aliphatic carbocycles. The van der Waals surface area contributed by atoms with E-state index in [1.165, 1.54) is 0 Å². The van der Waals surface area contributed by atoms with Crippen LogP contribution in [0, 0.1) is 0 Å².